The van der Waals surface area contributed by atoms with E-state index in [1.807, 2.05) is 6.92 Å². The molecule has 0 radical (unpaired) electrons. The lowest BCUT2D eigenvalue weighted by Crippen LogP contribution is -2.29. The van der Waals surface area contributed by atoms with Gasteiger partial charge in [0.15, 0.2) is 10.6 Å². The van der Waals surface area contributed by atoms with Crippen molar-refractivity contribution in [2.45, 2.75) is 19.9 Å². The van der Waals surface area contributed by atoms with Gasteiger partial charge < -0.3 is 14.3 Å². The van der Waals surface area contributed by atoms with Gasteiger partial charge in [0.25, 0.3) is 5.91 Å². The number of amides is 1. The number of aromatic nitrogens is 1. The molecule has 5 rings (SSSR count). The molecule has 0 bridgehead atoms. The molecule has 0 aliphatic carbocycles. The molecule has 176 valence electrons. The van der Waals surface area contributed by atoms with E-state index in [2.05, 4.69) is 11.6 Å². The Hall–Kier alpha value is -4.24. The molecular formula is C26H20N2O6S. The second-order valence-corrected chi connectivity index (χ2v) is 9.12. The highest BCUT2D eigenvalue weighted by Crippen LogP contribution is 2.43. The highest BCUT2D eigenvalue weighted by molar-refractivity contribution is 7.17. The van der Waals surface area contributed by atoms with Crippen molar-refractivity contribution in [3.05, 3.63) is 98.4 Å². The van der Waals surface area contributed by atoms with Gasteiger partial charge >= 0.3 is 5.97 Å². The van der Waals surface area contributed by atoms with Crippen LogP contribution < -0.4 is 10.3 Å². The standard InChI is InChI=1S/C26H20N2O6S/c1-4-10-33-25(32)23-14(3)27-26(35-23)28-20(15-6-5-7-16(29)12-15)19-21(30)17-11-13(2)8-9-18(17)34-22(19)24(28)31/h4-9,11-12,20,29H,1,10H2,2-3H3. The summed E-state index contributed by atoms with van der Waals surface area (Å²) >= 11 is 0.984. The number of aryl methyl sites for hydroxylation is 2. The molecule has 2 aromatic carbocycles. The summed E-state index contributed by atoms with van der Waals surface area (Å²) in [6.07, 6.45) is 1.46. The Morgan fingerprint density at radius 3 is 2.80 bits per heavy atom. The van der Waals surface area contributed by atoms with E-state index in [-0.39, 0.29) is 39.1 Å². The number of hydrogen-bond acceptors (Lipinski definition) is 8. The van der Waals surface area contributed by atoms with Crippen LogP contribution in [0.2, 0.25) is 0 Å². The average Bonchev–Trinajstić information content (AvgIpc) is 3.35. The van der Waals surface area contributed by atoms with Crippen LogP contribution in [0.15, 0.2) is 64.3 Å². The van der Waals surface area contributed by atoms with Crippen molar-refractivity contribution >= 4 is 39.3 Å². The van der Waals surface area contributed by atoms with Gasteiger partial charge in [-0.1, -0.05) is 47.8 Å². The predicted molar refractivity (Wildman–Crippen MR) is 131 cm³/mol. The van der Waals surface area contributed by atoms with Crippen LogP contribution in [0.1, 0.15) is 48.7 Å². The average molecular weight is 489 g/mol. The Bertz CT molecular complexity index is 1580. The van der Waals surface area contributed by atoms with Crippen molar-refractivity contribution in [1.29, 1.82) is 0 Å². The molecule has 1 atom stereocenters. The topological polar surface area (TPSA) is 110 Å². The first-order valence-electron chi connectivity index (χ1n) is 10.8. The maximum Gasteiger partial charge on any atom is 0.350 e. The highest BCUT2D eigenvalue weighted by atomic mass is 32.1. The minimum atomic E-state index is -0.909. The Morgan fingerprint density at radius 2 is 2.06 bits per heavy atom. The largest absolute Gasteiger partial charge is 0.508 e. The van der Waals surface area contributed by atoms with Crippen LogP contribution in [-0.2, 0) is 4.74 Å². The van der Waals surface area contributed by atoms with Crippen molar-refractivity contribution in [1.82, 2.24) is 4.98 Å². The van der Waals surface area contributed by atoms with Gasteiger partial charge in [-0.2, -0.15) is 0 Å². The van der Waals surface area contributed by atoms with E-state index in [1.54, 1.807) is 37.3 Å². The summed E-state index contributed by atoms with van der Waals surface area (Å²) in [7, 11) is 0. The quantitative estimate of drug-likeness (QED) is 0.321. The Labute approximate surface area is 203 Å². The number of fused-ring (bicyclic) bond motifs is 2. The minimum absolute atomic E-state index is 0.0200. The highest BCUT2D eigenvalue weighted by Gasteiger charge is 2.45. The fraction of sp³-hybridized carbons (Fsp3) is 0.154. The molecule has 3 heterocycles. The summed E-state index contributed by atoms with van der Waals surface area (Å²) in [6.45, 7) is 7.08. The van der Waals surface area contributed by atoms with Gasteiger partial charge in [0.2, 0.25) is 5.76 Å². The molecule has 1 N–H and O–H groups in total. The summed E-state index contributed by atoms with van der Waals surface area (Å²) < 4.78 is 11.1. The summed E-state index contributed by atoms with van der Waals surface area (Å²) in [4.78, 5) is 45.8. The molecule has 9 heteroatoms. The monoisotopic (exact) mass is 488 g/mol. The Balaban J connectivity index is 1.73. The third-order valence-corrected chi connectivity index (χ3v) is 6.86. The summed E-state index contributed by atoms with van der Waals surface area (Å²) in [5, 5.41) is 10.7. The number of anilines is 1. The molecule has 8 nitrogen and oxygen atoms in total. The first-order chi connectivity index (χ1) is 16.8. The van der Waals surface area contributed by atoms with E-state index >= 15 is 0 Å². The third-order valence-electron chi connectivity index (χ3n) is 5.72. The van der Waals surface area contributed by atoms with Gasteiger partial charge in [0.05, 0.1) is 22.7 Å². The number of benzene rings is 2. The van der Waals surface area contributed by atoms with Crippen LogP contribution >= 0.6 is 11.3 Å². The van der Waals surface area contributed by atoms with Crippen LogP contribution in [0.4, 0.5) is 5.13 Å². The van der Waals surface area contributed by atoms with Crippen molar-refractivity contribution in [2.75, 3.05) is 11.5 Å². The lowest BCUT2D eigenvalue weighted by Gasteiger charge is -2.22. The van der Waals surface area contributed by atoms with Crippen LogP contribution in [-0.4, -0.2) is 28.6 Å². The lowest BCUT2D eigenvalue weighted by atomic mass is 9.98. The number of carbonyl (C=O) groups is 2. The number of rotatable bonds is 5. The molecule has 1 aliphatic heterocycles. The zero-order valence-electron chi connectivity index (χ0n) is 18.9. The molecule has 1 amide bonds. The van der Waals surface area contributed by atoms with Crippen LogP contribution in [0.5, 0.6) is 5.75 Å². The van der Waals surface area contributed by atoms with Crippen molar-refractivity contribution in [2.24, 2.45) is 0 Å². The van der Waals surface area contributed by atoms with Gasteiger partial charge in [-0.25, -0.2) is 9.78 Å². The van der Waals surface area contributed by atoms with E-state index in [0.717, 1.165) is 16.9 Å². The summed E-state index contributed by atoms with van der Waals surface area (Å²) in [6, 6.07) is 10.6. The second-order valence-electron chi connectivity index (χ2n) is 8.14. The third kappa shape index (κ3) is 3.70. The predicted octanol–water partition coefficient (Wildman–Crippen LogP) is 4.66. The SMILES string of the molecule is C=CCOC(=O)c1sc(N2C(=O)c3oc4ccc(C)cc4c(=O)c3C2c2cccc(O)c2)nc1C. The number of hydrogen-bond donors (Lipinski definition) is 1. The number of aromatic hydroxyl groups is 1. The summed E-state index contributed by atoms with van der Waals surface area (Å²) in [5.74, 6) is -1.26. The Morgan fingerprint density at radius 1 is 1.26 bits per heavy atom. The van der Waals surface area contributed by atoms with E-state index in [4.69, 9.17) is 9.15 Å². The van der Waals surface area contributed by atoms with Crippen molar-refractivity contribution in [3.8, 4) is 5.75 Å². The van der Waals surface area contributed by atoms with Crippen LogP contribution in [0.3, 0.4) is 0 Å². The number of esters is 1. The molecule has 0 saturated carbocycles. The van der Waals surface area contributed by atoms with E-state index in [1.165, 1.54) is 23.1 Å². The van der Waals surface area contributed by atoms with Crippen molar-refractivity contribution in [3.63, 3.8) is 0 Å². The first-order valence-corrected chi connectivity index (χ1v) is 11.6. The fourth-order valence-corrected chi connectivity index (χ4v) is 5.16. The molecule has 0 fully saturated rings. The molecule has 0 saturated heterocycles. The van der Waals surface area contributed by atoms with E-state index in [0.29, 0.717) is 22.2 Å². The first kappa shape index (κ1) is 22.5. The molecule has 1 unspecified atom stereocenters. The van der Waals surface area contributed by atoms with Gasteiger partial charge in [0.1, 0.15) is 22.8 Å². The Kier molecular flexibility index (Phi) is 5.49. The molecule has 2 aromatic heterocycles. The van der Waals surface area contributed by atoms with Gasteiger partial charge in [0, 0.05) is 0 Å². The zero-order valence-corrected chi connectivity index (χ0v) is 19.7. The van der Waals surface area contributed by atoms with Crippen LogP contribution in [0.25, 0.3) is 11.0 Å². The molecule has 4 aromatic rings. The molecule has 35 heavy (non-hydrogen) atoms. The second kappa shape index (κ2) is 8.52. The lowest BCUT2D eigenvalue weighted by molar-refractivity contribution is 0.0554. The minimum Gasteiger partial charge on any atom is -0.508 e. The summed E-state index contributed by atoms with van der Waals surface area (Å²) in [5.41, 5.74) is 1.87. The van der Waals surface area contributed by atoms with Gasteiger partial charge in [-0.05, 0) is 43.7 Å². The maximum absolute atomic E-state index is 13.7. The van der Waals surface area contributed by atoms with Crippen LogP contribution in [0, 0.1) is 13.8 Å². The van der Waals surface area contributed by atoms with Crippen molar-refractivity contribution < 1.29 is 23.8 Å². The molecule has 1 aliphatic rings. The number of thiazole rings is 1. The molecule has 0 spiro atoms. The number of phenols is 1. The maximum atomic E-state index is 13.7. The fourth-order valence-electron chi connectivity index (χ4n) is 4.17. The number of phenolic OH excluding ortho intramolecular Hbond substituents is 1. The zero-order chi connectivity index (χ0) is 24.9. The van der Waals surface area contributed by atoms with Gasteiger partial charge in [-0.15, -0.1) is 0 Å². The normalized spacial score (nSPS) is 14.9. The van der Waals surface area contributed by atoms with Gasteiger partial charge in [-0.3, -0.25) is 14.5 Å². The smallest absolute Gasteiger partial charge is 0.350 e. The molecular weight excluding hydrogens is 468 g/mol. The number of ether oxygens (including phenoxy) is 1. The van der Waals surface area contributed by atoms with E-state index < -0.39 is 17.9 Å². The number of carbonyl (C=O) groups excluding carboxylic acids is 2. The van der Waals surface area contributed by atoms with E-state index in [9.17, 15) is 19.5 Å². The number of nitrogens with zero attached hydrogens (tertiary/aromatic N) is 2.